The van der Waals surface area contributed by atoms with Gasteiger partial charge in [0.05, 0.1) is 25.7 Å². The Kier molecular flexibility index (Phi) is 3.61. The molecule has 4 heteroatoms. The molecule has 1 aliphatic rings. The Balaban J connectivity index is 2.97. The zero-order valence-electron chi connectivity index (χ0n) is 10.0. The molecule has 0 saturated heterocycles. The summed E-state index contributed by atoms with van der Waals surface area (Å²) in [5, 5.41) is 0. The molecule has 0 fully saturated rings. The fraction of sp³-hybridized carbons (Fsp3) is 0.727. The summed E-state index contributed by atoms with van der Waals surface area (Å²) >= 11 is 0. The highest BCUT2D eigenvalue weighted by molar-refractivity contribution is 5.82. The highest BCUT2D eigenvalue weighted by Gasteiger charge is 2.32. The summed E-state index contributed by atoms with van der Waals surface area (Å²) in [7, 11) is 3.37. The van der Waals surface area contributed by atoms with Gasteiger partial charge in [0.15, 0.2) is 5.76 Å². The normalized spacial score (nSPS) is 22.4. The molecule has 4 nitrogen and oxygen atoms in total. The molecule has 0 spiro atoms. The maximum Gasteiger partial charge on any atom is 0.233 e. The predicted molar refractivity (Wildman–Crippen MR) is 57.1 cm³/mol. The van der Waals surface area contributed by atoms with Gasteiger partial charge in [0.1, 0.15) is 5.76 Å². The first-order chi connectivity index (χ1) is 6.97. The maximum atomic E-state index is 11.7. The third kappa shape index (κ3) is 2.43. The summed E-state index contributed by atoms with van der Waals surface area (Å²) in [5.41, 5.74) is 0. The van der Waals surface area contributed by atoms with Gasteiger partial charge in [0, 0.05) is 7.05 Å². The van der Waals surface area contributed by atoms with Gasteiger partial charge in [-0.1, -0.05) is 0 Å². The fourth-order valence-electron chi connectivity index (χ4n) is 1.64. The average molecular weight is 213 g/mol. The number of carbonyl (C=O) groups excluding carboxylic acids is 1. The lowest BCUT2D eigenvalue weighted by atomic mass is 10.0. The molecule has 0 saturated carbocycles. The first kappa shape index (κ1) is 11.9. The molecule has 0 aromatic heterocycles. The second-order valence-corrected chi connectivity index (χ2v) is 4.07. The van der Waals surface area contributed by atoms with E-state index in [1.165, 1.54) is 0 Å². The van der Waals surface area contributed by atoms with Gasteiger partial charge in [0.2, 0.25) is 5.91 Å². The van der Waals surface area contributed by atoms with Gasteiger partial charge in [-0.25, -0.2) is 0 Å². The number of nitrogens with zero attached hydrogens (tertiary/aromatic N) is 1. The van der Waals surface area contributed by atoms with Crippen molar-refractivity contribution >= 4 is 5.91 Å². The van der Waals surface area contributed by atoms with Crippen LogP contribution in [0.2, 0.25) is 0 Å². The molecular weight excluding hydrogens is 194 g/mol. The minimum absolute atomic E-state index is 0.0591. The summed E-state index contributed by atoms with van der Waals surface area (Å²) in [6, 6.07) is 0. The number of likely N-dealkylation sites (N-methyl/N-ethyl adjacent to an activating group) is 1. The lowest BCUT2D eigenvalue weighted by molar-refractivity contribution is -0.135. The monoisotopic (exact) mass is 213 g/mol. The Bertz CT molecular complexity index is 284. The lowest BCUT2D eigenvalue weighted by Crippen LogP contribution is -2.40. The molecular formula is C11H19NO3. The molecule has 1 atom stereocenters. The maximum absolute atomic E-state index is 11.7. The van der Waals surface area contributed by atoms with Crippen LogP contribution in [0.4, 0.5) is 0 Å². The first-order valence-corrected chi connectivity index (χ1v) is 5.16. The van der Waals surface area contributed by atoms with E-state index in [-0.39, 0.29) is 17.9 Å². The average Bonchev–Trinajstić information content (AvgIpc) is 2.18. The van der Waals surface area contributed by atoms with Crippen molar-refractivity contribution in [1.29, 1.82) is 0 Å². The van der Waals surface area contributed by atoms with Gasteiger partial charge < -0.3 is 14.4 Å². The second kappa shape index (κ2) is 4.55. The predicted octanol–water partition coefficient (Wildman–Crippen LogP) is 1.38. The standard InChI is InChI=1S/C11H19NO3/c1-7(2)15-10-8(3)11(13)12(4)6-9(10)14-5/h7-8H,6H2,1-5H3. The van der Waals surface area contributed by atoms with Crippen LogP contribution in [0.1, 0.15) is 20.8 Å². The van der Waals surface area contributed by atoms with E-state index in [9.17, 15) is 4.79 Å². The molecule has 0 aromatic rings. The van der Waals surface area contributed by atoms with Crippen molar-refractivity contribution in [3.05, 3.63) is 11.5 Å². The lowest BCUT2D eigenvalue weighted by Gasteiger charge is -2.31. The van der Waals surface area contributed by atoms with Gasteiger partial charge >= 0.3 is 0 Å². The van der Waals surface area contributed by atoms with E-state index in [1.807, 2.05) is 20.8 Å². The van der Waals surface area contributed by atoms with Gasteiger partial charge in [-0.3, -0.25) is 4.79 Å². The Morgan fingerprint density at radius 2 is 2.07 bits per heavy atom. The topological polar surface area (TPSA) is 38.8 Å². The summed E-state index contributed by atoms with van der Waals surface area (Å²) in [5.74, 6) is 1.25. The molecule has 0 bridgehead atoms. The van der Waals surface area contributed by atoms with Gasteiger partial charge in [-0.15, -0.1) is 0 Å². The summed E-state index contributed by atoms with van der Waals surface area (Å²) in [6.45, 7) is 6.21. The third-order valence-corrected chi connectivity index (χ3v) is 2.40. The van der Waals surface area contributed by atoms with Crippen molar-refractivity contribution in [3.63, 3.8) is 0 Å². The molecule has 0 aromatic carbocycles. The SMILES string of the molecule is COC1=C(OC(C)C)C(C)C(=O)N(C)C1. The number of methoxy groups -OCH3 is 1. The van der Waals surface area contributed by atoms with Crippen LogP contribution in [0.15, 0.2) is 11.5 Å². The van der Waals surface area contributed by atoms with Crippen molar-refractivity contribution in [2.24, 2.45) is 5.92 Å². The van der Waals surface area contributed by atoms with Crippen LogP contribution in [0.3, 0.4) is 0 Å². The van der Waals surface area contributed by atoms with E-state index < -0.39 is 0 Å². The highest BCUT2D eigenvalue weighted by Crippen LogP contribution is 2.26. The Morgan fingerprint density at radius 3 is 2.53 bits per heavy atom. The number of carbonyl (C=O) groups is 1. The molecule has 0 aliphatic carbocycles. The minimum Gasteiger partial charge on any atom is -0.496 e. The van der Waals surface area contributed by atoms with Crippen LogP contribution < -0.4 is 0 Å². The molecule has 15 heavy (non-hydrogen) atoms. The van der Waals surface area contributed by atoms with Crippen LogP contribution in [0.25, 0.3) is 0 Å². The van der Waals surface area contributed by atoms with Crippen molar-refractivity contribution in [2.45, 2.75) is 26.9 Å². The van der Waals surface area contributed by atoms with E-state index in [1.54, 1.807) is 19.1 Å². The molecule has 0 radical (unpaired) electrons. The van der Waals surface area contributed by atoms with Crippen LogP contribution >= 0.6 is 0 Å². The molecule has 1 rings (SSSR count). The minimum atomic E-state index is -0.249. The highest BCUT2D eigenvalue weighted by atomic mass is 16.5. The van der Waals surface area contributed by atoms with Gasteiger partial charge in [-0.2, -0.15) is 0 Å². The summed E-state index contributed by atoms with van der Waals surface area (Å²) in [4.78, 5) is 13.4. The molecule has 1 amide bonds. The Hall–Kier alpha value is -1.19. The van der Waals surface area contributed by atoms with E-state index in [0.717, 1.165) is 5.76 Å². The van der Waals surface area contributed by atoms with E-state index in [4.69, 9.17) is 9.47 Å². The molecule has 1 unspecified atom stereocenters. The summed E-state index contributed by atoms with van der Waals surface area (Å²) in [6.07, 6.45) is 0.0591. The first-order valence-electron chi connectivity index (χ1n) is 5.16. The van der Waals surface area contributed by atoms with E-state index >= 15 is 0 Å². The fourth-order valence-corrected chi connectivity index (χ4v) is 1.64. The quantitative estimate of drug-likeness (QED) is 0.711. The molecule has 0 N–H and O–H groups in total. The third-order valence-electron chi connectivity index (χ3n) is 2.40. The van der Waals surface area contributed by atoms with Crippen molar-refractivity contribution < 1.29 is 14.3 Å². The molecule has 1 heterocycles. The number of amides is 1. The van der Waals surface area contributed by atoms with Crippen molar-refractivity contribution in [3.8, 4) is 0 Å². The van der Waals surface area contributed by atoms with Crippen molar-refractivity contribution in [2.75, 3.05) is 20.7 Å². The van der Waals surface area contributed by atoms with E-state index in [0.29, 0.717) is 12.3 Å². The Labute approximate surface area is 90.8 Å². The number of hydrogen-bond donors (Lipinski definition) is 0. The summed E-state index contributed by atoms with van der Waals surface area (Å²) < 4.78 is 10.9. The Morgan fingerprint density at radius 1 is 1.47 bits per heavy atom. The van der Waals surface area contributed by atoms with Crippen LogP contribution in [0, 0.1) is 5.92 Å². The van der Waals surface area contributed by atoms with Gasteiger partial charge in [-0.05, 0) is 20.8 Å². The van der Waals surface area contributed by atoms with E-state index in [2.05, 4.69) is 0 Å². The van der Waals surface area contributed by atoms with Crippen LogP contribution in [-0.2, 0) is 14.3 Å². The zero-order valence-corrected chi connectivity index (χ0v) is 10.0. The number of ether oxygens (including phenoxy) is 2. The number of rotatable bonds is 3. The molecule has 1 aliphatic heterocycles. The van der Waals surface area contributed by atoms with Crippen LogP contribution in [0.5, 0.6) is 0 Å². The van der Waals surface area contributed by atoms with Gasteiger partial charge in [0.25, 0.3) is 0 Å². The van der Waals surface area contributed by atoms with Crippen LogP contribution in [-0.4, -0.2) is 37.6 Å². The second-order valence-electron chi connectivity index (χ2n) is 4.07. The number of hydrogen-bond acceptors (Lipinski definition) is 3. The zero-order chi connectivity index (χ0) is 11.6. The molecule has 86 valence electrons. The van der Waals surface area contributed by atoms with Crippen molar-refractivity contribution in [1.82, 2.24) is 4.90 Å². The smallest absolute Gasteiger partial charge is 0.233 e. The largest absolute Gasteiger partial charge is 0.496 e.